The lowest BCUT2D eigenvalue weighted by molar-refractivity contribution is 0.0947. The van der Waals surface area contributed by atoms with Crippen LogP contribution in [0.5, 0.6) is 0 Å². The van der Waals surface area contributed by atoms with Crippen LogP contribution in [0.15, 0.2) is 36.5 Å². The molecule has 3 aromatic rings. The van der Waals surface area contributed by atoms with Gasteiger partial charge in [0.05, 0.1) is 17.1 Å². The highest BCUT2D eigenvalue weighted by atomic mass is 16.2. The van der Waals surface area contributed by atoms with Crippen molar-refractivity contribution in [3.63, 3.8) is 0 Å². The molecule has 0 radical (unpaired) electrons. The fourth-order valence-corrected chi connectivity index (χ4v) is 3.39. The number of rotatable bonds is 6. The molecule has 0 saturated heterocycles. The summed E-state index contributed by atoms with van der Waals surface area (Å²) in [5.41, 5.74) is 3.88. The molecule has 0 unspecified atom stereocenters. The lowest BCUT2D eigenvalue weighted by atomic mass is 10.1. The minimum Gasteiger partial charge on any atom is -0.355 e. The van der Waals surface area contributed by atoms with E-state index in [0.29, 0.717) is 23.6 Å². The Kier molecular flexibility index (Phi) is 5.05. The zero-order chi connectivity index (χ0) is 20.5. The van der Waals surface area contributed by atoms with Crippen LogP contribution in [-0.4, -0.2) is 33.6 Å². The molecule has 2 heterocycles. The van der Waals surface area contributed by atoms with E-state index < -0.39 is 0 Å². The molecule has 1 saturated carbocycles. The van der Waals surface area contributed by atoms with Crippen LogP contribution in [0.2, 0.25) is 0 Å². The summed E-state index contributed by atoms with van der Waals surface area (Å²) in [5, 5.41) is 10.8. The van der Waals surface area contributed by atoms with Gasteiger partial charge in [-0.3, -0.25) is 9.59 Å². The van der Waals surface area contributed by atoms with Gasteiger partial charge in [0.1, 0.15) is 0 Å². The summed E-state index contributed by atoms with van der Waals surface area (Å²) in [6.07, 6.45) is 3.96. The molecule has 2 N–H and O–H groups in total. The van der Waals surface area contributed by atoms with Crippen LogP contribution < -0.4 is 10.6 Å². The second kappa shape index (κ2) is 7.66. The van der Waals surface area contributed by atoms with Gasteiger partial charge in [0, 0.05) is 36.8 Å². The molecular weight excluding hydrogens is 366 g/mol. The molecule has 7 nitrogen and oxygen atoms in total. The van der Waals surface area contributed by atoms with Gasteiger partial charge in [-0.25, -0.2) is 9.67 Å². The summed E-state index contributed by atoms with van der Waals surface area (Å²) >= 11 is 0. The Balaban J connectivity index is 1.57. The van der Waals surface area contributed by atoms with Crippen molar-refractivity contribution in [3.8, 4) is 0 Å². The normalized spacial score (nSPS) is 13.7. The predicted molar refractivity (Wildman–Crippen MR) is 111 cm³/mol. The van der Waals surface area contributed by atoms with Crippen molar-refractivity contribution < 1.29 is 9.59 Å². The first-order chi connectivity index (χ1) is 14.0. The average molecular weight is 391 g/mol. The van der Waals surface area contributed by atoms with Crippen molar-refractivity contribution in [2.75, 3.05) is 7.05 Å². The summed E-state index contributed by atoms with van der Waals surface area (Å²) in [5.74, 6) is 0.172. The number of nitrogens with zero attached hydrogens (tertiary/aromatic N) is 3. The second-order valence-corrected chi connectivity index (χ2v) is 7.75. The lowest BCUT2D eigenvalue weighted by Crippen LogP contribution is -2.23. The number of hydrogen-bond acceptors (Lipinski definition) is 4. The van der Waals surface area contributed by atoms with E-state index in [4.69, 9.17) is 4.98 Å². The standard InChI is InChI=1S/C22H25N5O2/c1-13(2)27-20-18(12-25-27)17(10-19(26-20)15-8-9-15)22(29)24-11-14-4-6-16(7-5-14)21(28)23-3/h4-7,10,12-13,15H,8-9,11H2,1-3H3,(H,23,28)(H,24,29). The molecule has 0 bridgehead atoms. The molecule has 1 aliphatic carbocycles. The third kappa shape index (κ3) is 3.85. The average Bonchev–Trinajstić information content (AvgIpc) is 3.49. The van der Waals surface area contributed by atoms with Crippen LogP contribution in [-0.2, 0) is 6.54 Å². The Hall–Kier alpha value is -3.22. The number of fused-ring (bicyclic) bond motifs is 1. The highest BCUT2D eigenvalue weighted by Crippen LogP contribution is 2.40. The van der Waals surface area contributed by atoms with E-state index in [-0.39, 0.29) is 17.9 Å². The van der Waals surface area contributed by atoms with Gasteiger partial charge in [-0.1, -0.05) is 12.1 Å². The Labute approximate surface area is 169 Å². The number of hydrogen-bond donors (Lipinski definition) is 2. The van der Waals surface area contributed by atoms with E-state index in [0.717, 1.165) is 35.1 Å². The van der Waals surface area contributed by atoms with Crippen LogP contribution >= 0.6 is 0 Å². The second-order valence-electron chi connectivity index (χ2n) is 7.75. The molecule has 0 spiro atoms. The molecule has 4 rings (SSSR count). The third-order valence-electron chi connectivity index (χ3n) is 5.21. The molecule has 2 amide bonds. The summed E-state index contributed by atoms with van der Waals surface area (Å²) < 4.78 is 1.87. The molecule has 29 heavy (non-hydrogen) atoms. The first-order valence-electron chi connectivity index (χ1n) is 9.95. The van der Waals surface area contributed by atoms with E-state index in [9.17, 15) is 9.59 Å². The highest BCUT2D eigenvalue weighted by Gasteiger charge is 2.28. The molecule has 1 aliphatic rings. The molecule has 2 aromatic heterocycles. The first-order valence-corrected chi connectivity index (χ1v) is 9.95. The maximum Gasteiger partial charge on any atom is 0.252 e. The SMILES string of the molecule is CNC(=O)c1ccc(CNC(=O)c2cc(C3CC3)nc3c2cnn3C(C)C)cc1. The predicted octanol–water partition coefficient (Wildman–Crippen LogP) is 3.18. The van der Waals surface area contributed by atoms with Crippen LogP contribution in [0.4, 0.5) is 0 Å². The molecule has 0 aliphatic heterocycles. The van der Waals surface area contributed by atoms with Crippen molar-refractivity contribution in [1.29, 1.82) is 0 Å². The number of benzene rings is 1. The number of nitrogens with one attached hydrogen (secondary N) is 2. The minimum absolute atomic E-state index is 0.130. The third-order valence-corrected chi connectivity index (χ3v) is 5.21. The van der Waals surface area contributed by atoms with Gasteiger partial charge in [0.15, 0.2) is 5.65 Å². The lowest BCUT2D eigenvalue weighted by Gasteiger charge is -2.11. The number of aromatic nitrogens is 3. The Morgan fingerprint density at radius 2 is 1.90 bits per heavy atom. The van der Waals surface area contributed by atoms with E-state index in [1.54, 1.807) is 25.4 Å². The number of pyridine rings is 1. The topological polar surface area (TPSA) is 88.9 Å². The largest absolute Gasteiger partial charge is 0.355 e. The quantitative estimate of drug-likeness (QED) is 0.675. The Morgan fingerprint density at radius 3 is 2.52 bits per heavy atom. The van der Waals surface area contributed by atoms with Gasteiger partial charge in [0.2, 0.25) is 0 Å². The van der Waals surface area contributed by atoms with Crippen molar-refractivity contribution in [1.82, 2.24) is 25.4 Å². The van der Waals surface area contributed by atoms with Gasteiger partial charge < -0.3 is 10.6 Å². The van der Waals surface area contributed by atoms with Crippen LogP contribution in [0, 0.1) is 0 Å². The first kappa shape index (κ1) is 19.1. The molecule has 1 fully saturated rings. The zero-order valence-electron chi connectivity index (χ0n) is 16.9. The molecule has 150 valence electrons. The summed E-state index contributed by atoms with van der Waals surface area (Å²) in [6.45, 7) is 4.49. The van der Waals surface area contributed by atoms with Gasteiger partial charge in [-0.15, -0.1) is 0 Å². The highest BCUT2D eigenvalue weighted by molar-refractivity contribution is 6.05. The van der Waals surface area contributed by atoms with Crippen molar-refractivity contribution >= 4 is 22.8 Å². The van der Waals surface area contributed by atoms with Crippen molar-refractivity contribution in [3.05, 3.63) is 58.9 Å². The number of carbonyl (C=O) groups is 2. The summed E-state index contributed by atoms with van der Waals surface area (Å²) in [6, 6.07) is 9.28. The van der Waals surface area contributed by atoms with Crippen molar-refractivity contribution in [2.45, 2.75) is 45.2 Å². The van der Waals surface area contributed by atoms with E-state index in [1.807, 2.05) is 22.9 Å². The Bertz CT molecular complexity index is 1060. The van der Waals surface area contributed by atoms with Gasteiger partial charge >= 0.3 is 0 Å². The van der Waals surface area contributed by atoms with Crippen molar-refractivity contribution in [2.24, 2.45) is 0 Å². The van der Waals surface area contributed by atoms with Gasteiger partial charge in [0.25, 0.3) is 11.8 Å². The fraction of sp³-hybridized carbons (Fsp3) is 0.364. The van der Waals surface area contributed by atoms with Crippen LogP contribution in [0.3, 0.4) is 0 Å². The summed E-state index contributed by atoms with van der Waals surface area (Å²) in [4.78, 5) is 29.4. The summed E-state index contributed by atoms with van der Waals surface area (Å²) in [7, 11) is 1.60. The maximum atomic E-state index is 13.0. The molecule has 7 heteroatoms. The zero-order valence-corrected chi connectivity index (χ0v) is 16.9. The van der Waals surface area contributed by atoms with Crippen LogP contribution in [0.25, 0.3) is 11.0 Å². The van der Waals surface area contributed by atoms with E-state index in [2.05, 4.69) is 29.6 Å². The maximum absolute atomic E-state index is 13.0. The smallest absolute Gasteiger partial charge is 0.252 e. The fourth-order valence-electron chi connectivity index (χ4n) is 3.39. The molecule has 1 aromatic carbocycles. The molecular formula is C22H25N5O2. The van der Waals surface area contributed by atoms with Gasteiger partial charge in [-0.2, -0.15) is 5.10 Å². The number of amides is 2. The Morgan fingerprint density at radius 1 is 1.17 bits per heavy atom. The van der Waals surface area contributed by atoms with E-state index in [1.165, 1.54) is 0 Å². The van der Waals surface area contributed by atoms with E-state index >= 15 is 0 Å². The molecule has 0 atom stereocenters. The number of carbonyl (C=O) groups excluding carboxylic acids is 2. The van der Waals surface area contributed by atoms with Crippen LogP contribution in [0.1, 0.15) is 70.6 Å². The van der Waals surface area contributed by atoms with Gasteiger partial charge in [-0.05, 0) is 50.5 Å². The monoisotopic (exact) mass is 391 g/mol. The minimum atomic E-state index is -0.141.